The van der Waals surface area contributed by atoms with E-state index < -0.39 is 0 Å². The molecule has 0 aliphatic heterocycles. The molecule has 4 nitrogen and oxygen atoms in total. The van der Waals surface area contributed by atoms with Crippen LogP contribution in [-0.2, 0) is 13.6 Å². The van der Waals surface area contributed by atoms with Crippen LogP contribution in [0, 0.1) is 0 Å². The Bertz CT molecular complexity index is 513. The SMILES string of the molecule is CC(NCc1ccc(N(C)C)cc1)c1nccn1C. The van der Waals surface area contributed by atoms with Crippen molar-refractivity contribution in [2.45, 2.75) is 19.5 Å². The first-order valence-electron chi connectivity index (χ1n) is 6.55. The van der Waals surface area contributed by atoms with Gasteiger partial charge in [-0.1, -0.05) is 12.1 Å². The average molecular weight is 258 g/mol. The lowest BCUT2D eigenvalue weighted by Crippen LogP contribution is -2.21. The van der Waals surface area contributed by atoms with Gasteiger partial charge in [-0.2, -0.15) is 0 Å². The number of imidazole rings is 1. The van der Waals surface area contributed by atoms with Crippen LogP contribution in [0.5, 0.6) is 0 Å². The number of nitrogens with zero attached hydrogens (tertiary/aromatic N) is 3. The highest BCUT2D eigenvalue weighted by molar-refractivity contribution is 5.45. The molecule has 0 radical (unpaired) electrons. The maximum atomic E-state index is 4.36. The Balaban J connectivity index is 1.93. The Kier molecular flexibility index (Phi) is 4.22. The van der Waals surface area contributed by atoms with Crippen molar-refractivity contribution >= 4 is 5.69 Å². The smallest absolute Gasteiger partial charge is 0.125 e. The molecule has 0 saturated heterocycles. The summed E-state index contributed by atoms with van der Waals surface area (Å²) >= 11 is 0. The second-order valence-electron chi connectivity index (χ2n) is 5.06. The molecule has 102 valence electrons. The van der Waals surface area contributed by atoms with Crippen LogP contribution in [0.25, 0.3) is 0 Å². The van der Waals surface area contributed by atoms with Gasteiger partial charge in [0.1, 0.15) is 5.82 Å². The quantitative estimate of drug-likeness (QED) is 0.893. The van der Waals surface area contributed by atoms with Crippen LogP contribution in [0.1, 0.15) is 24.4 Å². The predicted octanol–water partition coefficient (Wildman–Crippen LogP) is 2.34. The first-order valence-corrected chi connectivity index (χ1v) is 6.55. The summed E-state index contributed by atoms with van der Waals surface area (Å²) in [5.41, 5.74) is 2.51. The summed E-state index contributed by atoms with van der Waals surface area (Å²) in [5, 5.41) is 3.49. The van der Waals surface area contributed by atoms with Crippen molar-refractivity contribution in [3.63, 3.8) is 0 Å². The summed E-state index contributed by atoms with van der Waals surface area (Å²) in [5.74, 6) is 1.06. The molecular weight excluding hydrogens is 236 g/mol. The lowest BCUT2D eigenvalue weighted by atomic mass is 10.2. The van der Waals surface area contributed by atoms with Gasteiger partial charge < -0.3 is 14.8 Å². The summed E-state index contributed by atoms with van der Waals surface area (Å²) in [4.78, 5) is 6.46. The number of rotatable bonds is 5. The third-order valence-corrected chi connectivity index (χ3v) is 3.31. The number of aromatic nitrogens is 2. The first kappa shape index (κ1) is 13.6. The molecule has 1 aromatic heterocycles. The van der Waals surface area contributed by atoms with Crippen LogP contribution < -0.4 is 10.2 Å². The number of hydrogen-bond donors (Lipinski definition) is 1. The van der Waals surface area contributed by atoms with Crippen molar-refractivity contribution < 1.29 is 0 Å². The fourth-order valence-corrected chi connectivity index (χ4v) is 2.07. The van der Waals surface area contributed by atoms with Gasteiger partial charge in [0.15, 0.2) is 0 Å². The minimum absolute atomic E-state index is 0.244. The fourth-order valence-electron chi connectivity index (χ4n) is 2.07. The molecule has 0 amide bonds. The fraction of sp³-hybridized carbons (Fsp3) is 0.400. The molecule has 19 heavy (non-hydrogen) atoms. The van der Waals surface area contributed by atoms with E-state index in [1.807, 2.05) is 24.0 Å². The number of anilines is 1. The second-order valence-corrected chi connectivity index (χ2v) is 5.06. The van der Waals surface area contributed by atoms with E-state index in [0.29, 0.717) is 0 Å². The Morgan fingerprint density at radius 3 is 2.47 bits per heavy atom. The Hall–Kier alpha value is -1.81. The van der Waals surface area contributed by atoms with Gasteiger partial charge in [-0.15, -0.1) is 0 Å². The van der Waals surface area contributed by atoms with Gasteiger partial charge in [0.05, 0.1) is 6.04 Å². The number of nitrogens with one attached hydrogen (secondary N) is 1. The topological polar surface area (TPSA) is 33.1 Å². The van der Waals surface area contributed by atoms with Crippen molar-refractivity contribution in [2.24, 2.45) is 7.05 Å². The number of aryl methyl sites for hydroxylation is 1. The van der Waals surface area contributed by atoms with E-state index in [0.717, 1.165) is 12.4 Å². The van der Waals surface area contributed by atoms with E-state index in [9.17, 15) is 0 Å². The van der Waals surface area contributed by atoms with Gasteiger partial charge in [0.2, 0.25) is 0 Å². The minimum atomic E-state index is 0.244. The summed E-state index contributed by atoms with van der Waals surface area (Å²) < 4.78 is 2.05. The summed E-state index contributed by atoms with van der Waals surface area (Å²) in [6.07, 6.45) is 3.80. The van der Waals surface area contributed by atoms with Crippen molar-refractivity contribution in [1.29, 1.82) is 0 Å². The maximum Gasteiger partial charge on any atom is 0.125 e. The molecule has 1 heterocycles. The largest absolute Gasteiger partial charge is 0.378 e. The number of hydrogen-bond acceptors (Lipinski definition) is 3. The highest BCUT2D eigenvalue weighted by Gasteiger charge is 2.09. The second kappa shape index (κ2) is 5.89. The lowest BCUT2D eigenvalue weighted by Gasteiger charge is -2.15. The van der Waals surface area contributed by atoms with Gasteiger partial charge in [0, 0.05) is 45.8 Å². The van der Waals surface area contributed by atoms with Gasteiger partial charge >= 0.3 is 0 Å². The highest BCUT2D eigenvalue weighted by atomic mass is 15.1. The molecule has 1 aromatic carbocycles. The monoisotopic (exact) mass is 258 g/mol. The summed E-state index contributed by atoms with van der Waals surface area (Å²) in [6.45, 7) is 2.98. The maximum absolute atomic E-state index is 4.36. The van der Waals surface area contributed by atoms with Crippen molar-refractivity contribution in [3.8, 4) is 0 Å². The molecule has 4 heteroatoms. The van der Waals surface area contributed by atoms with Crippen LogP contribution in [0.15, 0.2) is 36.7 Å². The van der Waals surface area contributed by atoms with E-state index in [1.165, 1.54) is 11.3 Å². The van der Waals surface area contributed by atoms with Gasteiger partial charge in [-0.05, 0) is 24.6 Å². The zero-order chi connectivity index (χ0) is 13.8. The minimum Gasteiger partial charge on any atom is -0.378 e. The molecule has 0 aliphatic carbocycles. The first-order chi connectivity index (χ1) is 9.08. The number of benzene rings is 1. The van der Waals surface area contributed by atoms with E-state index >= 15 is 0 Å². The highest BCUT2D eigenvalue weighted by Crippen LogP contribution is 2.14. The van der Waals surface area contributed by atoms with Gasteiger partial charge in [-0.3, -0.25) is 0 Å². The van der Waals surface area contributed by atoms with Gasteiger partial charge in [0.25, 0.3) is 0 Å². The molecule has 1 N–H and O–H groups in total. The third kappa shape index (κ3) is 3.35. The van der Waals surface area contributed by atoms with Crippen LogP contribution in [0.3, 0.4) is 0 Å². The molecule has 1 unspecified atom stereocenters. The van der Waals surface area contributed by atoms with Gasteiger partial charge in [-0.25, -0.2) is 4.98 Å². The lowest BCUT2D eigenvalue weighted by molar-refractivity contribution is 0.530. The Morgan fingerprint density at radius 1 is 1.26 bits per heavy atom. The Morgan fingerprint density at radius 2 is 1.95 bits per heavy atom. The van der Waals surface area contributed by atoms with E-state index in [-0.39, 0.29) is 6.04 Å². The zero-order valence-corrected chi connectivity index (χ0v) is 12.1. The van der Waals surface area contributed by atoms with E-state index in [2.05, 4.69) is 60.5 Å². The van der Waals surface area contributed by atoms with Crippen molar-refractivity contribution in [3.05, 3.63) is 48.0 Å². The summed E-state index contributed by atoms with van der Waals surface area (Å²) in [6, 6.07) is 8.85. The summed E-state index contributed by atoms with van der Waals surface area (Å²) in [7, 11) is 6.12. The molecule has 0 aliphatic rings. The standard InChI is InChI=1S/C15H22N4/c1-12(15-16-9-10-19(15)4)17-11-13-5-7-14(8-6-13)18(2)3/h5-10,12,17H,11H2,1-4H3. The molecule has 0 fully saturated rings. The molecule has 0 bridgehead atoms. The zero-order valence-electron chi connectivity index (χ0n) is 12.1. The molecular formula is C15H22N4. The molecule has 1 atom stereocenters. The van der Waals surface area contributed by atoms with Crippen LogP contribution in [-0.4, -0.2) is 23.6 Å². The Labute approximate surface area is 115 Å². The molecule has 0 spiro atoms. The molecule has 2 aromatic rings. The van der Waals surface area contributed by atoms with Crippen molar-refractivity contribution in [1.82, 2.24) is 14.9 Å². The average Bonchev–Trinajstić information content (AvgIpc) is 2.83. The van der Waals surface area contributed by atoms with E-state index in [1.54, 1.807) is 0 Å². The van der Waals surface area contributed by atoms with Crippen LogP contribution in [0.4, 0.5) is 5.69 Å². The van der Waals surface area contributed by atoms with Crippen LogP contribution >= 0.6 is 0 Å². The predicted molar refractivity (Wildman–Crippen MR) is 79.2 cm³/mol. The third-order valence-electron chi connectivity index (χ3n) is 3.31. The van der Waals surface area contributed by atoms with E-state index in [4.69, 9.17) is 0 Å². The van der Waals surface area contributed by atoms with Crippen molar-refractivity contribution in [2.75, 3.05) is 19.0 Å². The molecule has 2 rings (SSSR count). The molecule has 0 saturated carbocycles. The van der Waals surface area contributed by atoms with Crippen LogP contribution in [0.2, 0.25) is 0 Å². The normalized spacial score (nSPS) is 12.4.